The zero-order chi connectivity index (χ0) is 33.4. The van der Waals surface area contributed by atoms with Crippen LogP contribution >= 0.6 is 11.6 Å². The van der Waals surface area contributed by atoms with Crippen LogP contribution in [-0.2, 0) is 29.4 Å². The molecule has 1 amide bonds. The van der Waals surface area contributed by atoms with Crippen molar-refractivity contribution in [3.63, 3.8) is 0 Å². The van der Waals surface area contributed by atoms with E-state index in [1.165, 1.54) is 12.1 Å². The lowest BCUT2D eigenvalue weighted by Gasteiger charge is -2.25. The van der Waals surface area contributed by atoms with Gasteiger partial charge in [-0.1, -0.05) is 90.5 Å². The molecule has 47 heavy (non-hydrogen) atoms. The molecule has 0 aliphatic carbocycles. The lowest BCUT2D eigenvalue weighted by Crippen LogP contribution is -2.30. The fourth-order valence-corrected chi connectivity index (χ4v) is 6.88. The van der Waals surface area contributed by atoms with Gasteiger partial charge in [-0.2, -0.15) is 0 Å². The average molecular weight is 670 g/mol. The number of amides is 1. The predicted molar refractivity (Wildman–Crippen MR) is 182 cm³/mol. The summed E-state index contributed by atoms with van der Waals surface area (Å²) in [6, 6.07) is 32.4. The molecule has 1 aromatic heterocycles. The van der Waals surface area contributed by atoms with Crippen LogP contribution < -0.4 is 10.5 Å². The van der Waals surface area contributed by atoms with Crippen LogP contribution in [0.3, 0.4) is 0 Å². The Morgan fingerprint density at radius 1 is 0.915 bits per heavy atom. The fourth-order valence-electron chi connectivity index (χ4n) is 5.26. The molecule has 3 N–H and O–H groups in total. The van der Waals surface area contributed by atoms with E-state index in [1.807, 2.05) is 60.7 Å². The first kappa shape index (κ1) is 33.8. The topological polar surface area (TPSA) is 123 Å². The predicted octanol–water partition coefficient (Wildman–Crippen LogP) is 6.33. The summed E-state index contributed by atoms with van der Waals surface area (Å²) in [5, 5.41) is 11.3. The van der Waals surface area contributed by atoms with Crippen molar-refractivity contribution in [2.24, 2.45) is 5.73 Å². The molecule has 0 bridgehead atoms. The number of nitrogens with two attached hydrogens (primary N) is 1. The van der Waals surface area contributed by atoms with Gasteiger partial charge in [-0.05, 0) is 65.9 Å². The SMILES string of the molecule is Cc1cc(C(N)=O)c(OCc2ccccc2)c(S(=O)(=O)c2ccc(CCN(Cc3ccccc3)C[C@@H](O)c3ccc(Cl)nc3)cc2)c1. The first-order chi connectivity index (χ1) is 22.6. The summed E-state index contributed by atoms with van der Waals surface area (Å²) in [7, 11) is -4.08. The largest absolute Gasteiger partial charge is 0.487 e. The number of rotatable bonds is 14. The van der Waals surface area contributed by atoms with Gasteiger partial charge in [-0.15, -0.1) is 0 Å². The Morgan fingerprint density at radius 2 is 1.57 bits per heavy atom. The molecule has 0 fully saturated rings. The van der Waals surface area contributed by atoms with Gasteiger partial charge >= 0.3 is 0 Å². The Morgan fingerprint density at radius 3 is 2.19 bits per heavy atom. The number of carbonyl (C=O) groups excluding carboxylic acids is 1. The summed E-state index contributed by atoms with van der Waals surface area (Å²) in [6.45, 7) is 3.36. The Hall–Kier alpha value is -4.54. The maximum absolute atomic E-state index is 14.0. The number of aromatic nitrogens is 1. The minimum atomic E-state index is -4.08. The number of ether oxygens (including phenoxy) is 1. The second kappa shape index (κ2) is 15.4. The first-order valence-corrected chi connectivity index (χ1v) is 17.0. The van der Waals surface area contributed by atoms with Crippen LogP contribution in [0.1, 0.15) is 44.3 Å². The number of aliphatic hydroxyl groups is 1. The normalized spacial score (nSPS) is 12.2. The highest BCUT2D eigenvalue weighted by molar-refractivity contribution is 7.91. The van der Waals surface area contributed by atoms with E-state index in [-0.39, 0.29) is 27.7 Å². The highest BCUT2D eigenvalue weighted by Crippen LogP contribution is 2.35. The third-order valence-electron chi connectivity index (χ3n) is 7.75. The zero-order valence-electron chi connectivity index (χ0n) is 25.9. The number of carbonyl (C=O) groups is 1. The van der Waals surface area contributed by atoms with Crippen LogP contribution in [-0.4, -0.2) is 42.4 Å². The molecule has 0 aliphatic rings. The van der Waals surface area contributed by atoms with Crippen molar-refractivity contribution in [1.29, 1.82) is 0 Å². The molecule has 5 aromatic rings. The number of benzene rings is 4. The van der Waals surface area contributed by atoms with Crippen LogP contribution in [0.4, 0.5) is 0 Å². The van der Waals surface area contributed by atoms with Crippen molar-refractivity contribution in [3.05, 3.63) is 154 Å². The van der Waals surface area contributed by atoms with Gasteiger partial charge in [0.1, 0.15) is 16.7 Å². The Kier molecular flexibility index (Phi) is 11.1. The number of halogens is 1. The summed E-state index contributed by atoms with van der Waals surface area (Å²) >= 11 is 5.93. The van der Waals surface area contributed by atoms with Gasteiger partial charge in [0, 0.05) is 31.4 Å². The standard InChI is InChI=1S/C37H36ClN3O5S/c1-26-20-32(37(39)43)36(46-25-29-10-6-3-7-11-29)34(21-26)47(44,45)31-15-12-27(13-16-31)18-19-41(23-28-8-4-2-5-9-28)24-33(42)30-14-17-35(38)40-22-30/h2-17,20-22,33,42H,18-19,23-25H2,1H3,(H2,39,43)/t33-/m1/s1. The molecule has 0 unspecified atom stereocenters. The summed E-state index contributed by atoms with van der Waals surface area (Å²) in [5.74, 6) is -0.844. The highest BCUT2D eigenvalue weighted by Gasteiger charge is 2.27. The van der Waals surface area contributed by atoms with Gasteiger partial charge in [0.25, 0.3) is 5.91 Å². The number of hydrogen-bond acceptors (Lipinski definition) is 7. The molecule has 0 saturated heterocycles. The van der Waals surface area contributed by atoms with Crippen molar-refractivity contribution in [3.8, 4) is 5.75 Å². The van der Waals surface area contributed by atoms with Crippen LogP contribution in [0.5, 0.6) is 5.75 Å². The van der Waals surface area contributed by atoms with E-state index in [9.17, 15) is 18.3 Å². The van der Waals surface area contributed by atoms with Crippen LogP contribution in [0.2, 0.25) is 5.15 Å². The molecule has 10 heteroatoms. The molecule has 0 radical (unpaired) electrons. The molecule has 5 rings (SSSR count). The van der Waals surface area contributed by atoms with E-state index in [0.717, 1.165) is 16.7 Å². The van der Waals surface area contributed by atoms with Crippen molar-refractivity contribution in [2.75, 3.05) is 13.1 Å². The van der Waals surface area contributed by atoms with Gasteiger partial charge in [0.2, 0.25) is 9.84 Å². The smallest absolute Gasteiger partial charge is 0.252 e. The van der Waals surface area contributed by atoms with Gasteiger partial charge in [-0.25, -0.2) is 13.4 Å². The van der Waals surface area contributed by atoms with Crippen molar-refractivity contribution in [1.82, 2.24) is 9.88 Å². The molecule has 0 spiro atoms. The fraction of sp³-hybridized carbons (Fsp3) is 0.189. The third-order valence-corrected chi connectivity index (χ3v) is 9.74. The van der Waals surface area contributed by atoms with E-state index in [0.29, 0.717) is 42.3 Å². The number of nitrogens with zero attached hydrogens (tertiary/aromatic N) is 2. The molecule has 8 nitrogen and oxygen atoms in total. The Balaban J connectivity index is 1.35. The lowest BCUT2D eigenvalue weighted by atomic mass is 10.1. The molecule has 0 saturated carbocycles. The Labute approximate surface area is 280 Å². The number of pyridine rings is 1. The molecule has 1 heterocycles. The maximum Gasteiger partial charge on any atom is 0.252 e. The van der Waals surface area contributed by atoms with Gasteiger partial charge in [0.15, 0.2) is 5.75 Å². The molecular weight excluding hydrogens is 634 g/mol. The van der Waals surface area contributed by atoms with E-state index in [1.54, 1.807) is 49.5 Å². The zero-order valence-corrected chi connectivity index (χ0v) is 27.5. The van der Waals surface area contributed by atoms with Crippen molar-refractivity contribution in [2.45, 2.75) is 42.4 Å². The van der Waals surface area contributed by atoms with Gasteiger partial charge in [0.05, 0.1) is 16.6 Å². The lowest BCUT2D eigenvalue weighted by molar-refractivity contribution is 0.0995. The summed E-state index contributed by atoms with van der Waals surface area (Å²) in [6.07, 6.45) is 1.42. The van der Waals surface area contributed by atoms with E-state index in [4.69, 9.17) is 22.1 Å². The highest BCUT2D eigenvalue weighted by atomic mass is 35.5. The maximum atomic E-state index is 14.0. The Bertz CT molecular complexity index is 1900. The van der Waals surface area contributed by atoms with Crippen LogP contribution in [0.15, 0.2) is 125 Å². The van der Waals surface area contributed by atoms with Gasteiger partial charge in [-0.3, -0.25) is 9.69 Å². The minimum Gasteiger partial charge on any atom is -0.487 e. The second-order valence-electron chi connectivity index (χ2n) is 11.3. The second-order valence-corrected chi connectivity index (χ2v) is 13.6. The summed E-state index contributed by atoms with van der Waals surface area (Å²) in [5.41, 5.74) is 9.74. The minimum absolute atomic E-state index is 0.00574. The van der Waals surface area contributed by atoms with E-state index in [2.05, 4.69) is 9.88 Å². The molecule has 1 atom stereocenters. The number of aliphatic hydroxyl groups excluding tert-OH is 1. The van der Waals surface area contributed by atoms with Gasteiger partial charge < -0.3 is 15.6 Å². The van der Waals surface area contributed by atoms with Crippen LogP contribution in [0.25, 0.3) is 0 Å². The number of aryl methyl sites for hydroxylation is 1. The number of hydrogen-bond donors (Lipinski definition) is 2. The van der Waals surface area contributed by atoms with Crippen molar-refractivity contribution >= 4 is 27.3 Å². The number of primary amides is 1. The molecular formula is C37H36ClN3O5S. The molecule has 0 aliphatic heterocycles. The molecule has 242 valence electrons. The van der Waals surface area contributed by atoms with E-state index >= 15 is 0 Å². The number of sulfone groups is 1. The third kappa shape index (κ3) is 8.84. The first-order valence-electron chi connectivity index (χ1n) is 15.1. The van der Waals surface area contributed by atoms with Crippen LogP contribution in [0, 0.1) is 6.92 Å². The summed E-state index contributed by atoms with van der Waals surface area (Å²) < 4.78 is 33.9. The quantitative estimate of drug-likeness (QED) is 0.132. The van der Waals surface area contributed by atoms with E-state index < -0.39 is 21.8 Å². The average Bonchev–Trinajstić information content (AvgIpc) is 3.07. The summed E-state index contributed by atoms with van der Waals surface area (Å²) in [4.78, 5) is 18.6. The van der Waals surface area contributed by atoms with Crippen molar-refractivity contribution < 1.29 is 23.1 Å². The molecule has 4 aromatic carbocycles. The monoisotopic (exact) mass is 669 g/mol.